The fourth-order valence-electron chi connectivity index (χ4n) is 5.85. The number of likely N-dealkylation sites (tertiary alicyclic amines) is 1. The molecule has 4 rings (SSSR count). The number of fused-ring (bicyclic) bond motifs is 1. The summed E-state index contributed by atoms with van der Waals surface area (Å²) >= 11 is 0. The number of aryl methyl sites for hydroxylation is 1. The predicted octanol–water partition coefficient (Wildman–Crippen LogP) is 3.25. The molecule has 3 fully saturated rings. The molecule has 2 saturated heterocycles. The highest BCUT2D eigenvalue weighted by Gasteiger charge is 2.59. The highest BCUT2D eigenvalue weighted by atomic mass is 16.5. The van der Waals surface area contributed by atoms with E-state index in [-0.39, 0.29) is 11.5 Å². The summed E-state index contributed by atoms with van der Waals surface area (Å²) in [6.45, 7) is 9.86. The van der Waals surface area contributed by atoms with E-state index in [1.54, 1.807) is 7.11 Å². The van der Waals surface area contributed by atoms with Gasteiger partial charge in [-0.15, -0.1) is 0 Å². The number of hydrogen-bond acceptors (Lipinski definition) is 4. The second kappa shape index (κ2) is 7.06. The molecule has 2 aliphatic heterocycles. The van der Waals surface area contributed by atoms with Crippen LogP contribution in [0.3, 0.4) is 0 Å². The lowest BCUT2D eigenvalue weighted by Gasteiger charge is -2.58. The molecule has 4 unspecified atom stereocenters. The highest BCUT2D eigenvalue weighted by Crippen LogP contribution is 2.53. The van der Waals surface area contributed by atoms with Crippen molar-refractivity contribution >= 4 is 0 Å². The fraction of sp³-hybridized carbons (Fsp3) is 0.739. The van der Waals surface area contributed by atoms with E-state index in [4.69, 9.17) is 4.74 Å². The lowest BCUT2D eigenvalue weighted by Crippen LogP contribution is -2.68. The number of ether oxygens (including phenoxy) is 1. The summed E-state index contributed by atoms with van der Waals surface area (Å²) in [7, 11) is 1.73. The number of aliphatic hydroxyl groups is 1. The number of nitrogens with zero attached hydrogens (tertiary/aromatic N) is 1. The summed E-state index contributed by atoms with van der Waals surface area (Å²) < 4.78 is 5.56. The lowest BCUT2D eigenvalue weighted by atomic mass is 9.56. The second-order valence-electron chi connectivity index (χ2n) is 9.36. The van der Waals surface area contributed by atoms with Gasteiger partial charge in [-0.1, -0.05) is 6.07 Å². The Bertz CT molecular complexity index is 689. The minimum atomic E-state index is -0.736. The molecule has 3 aliphatic rings. The summed E-state index contributed by atoms with van der Waals surface area (Å²) in [5.74, 6) is 1.74. The molecular formula is C23H36N2O2. The van der Waals surface area contributed by atoms with E-state index in [2.05, 4.69) is 43.1 Å². The molecule has 150 valence electrons. The molecular weight excluding hydrogens is 336 g/mol. The van der Waals surface area contributed by atoms with Crippen LogP contribution in [0.4, 0.5) is 0 Å². The molecule has 0 bridgehead atoms. The number of piperidine rings is 1. The zero-order valence-electron chi connectivity index (χ0n) is 17.4. The standard InChI is InChI=1S/C23H36N2O2/c1-16-5-8-20(27-4)13-21(16)22-9-11-24-17(2)14-23(22,26)18(3)25(12-10-22)15-19-6-7-19/h5,8,13,17-19,24,26H,6-7,9-12,14-15H2,1-4H3. The summed E-state index contributed by atoms with van der Waals surface area (Å²) in [6.07, 6.45) is 5.51. The first kappa shape index (κ1) is 19.2. The van der Waals surface area contributed by atoms with Crippen LogP contribution in [0.5, 0.6) is 5.75 Å². The number of benzene rings is 1. The summed E-state index contributed by atoms with van der Waals surface area (Å²) in [6, 6.07) is 6.88. The zero-order valence-corrected chi connectivity index (χ0v) is 17.4. The van der Waals surface area contributed by atoms with Crippen molar-refractivity contribution in [3.63, 3.8) is 0 Å². The highest BCUT2D eigenvalue weighted by molar-refractivity contribution is 5.44. The number of methoxy groups -OCH3 is 1. The topological polar surface area (TPSA) is 44.7 Å². The van der Waals surface area contributed by atoms with Gasteiger partial charge in [0.15, 0.2) is 0 Å². The zero-order chi connectivity index (χ0) is 19.2. The van der Waals surface area contributed by atoms with Crippen LogP contribution in [0.1, 0.15) is 57.1 Å². The quantitative estimate of drug-likeness (QED) is 0.852. The fourth-order valence-corrected chi connectivity index (χ4v) is 5.85. The van der Waals surface area contributed by atoms with Gasteiger partial charge in [-0.3, -0.25) is 4.90 Å². The van der Waals surface area contributed by atoms with Gasteiger partial charge in [0.05, 0.1) is 12.7 Å². The summed E-state index contributed by atoms with van der Waals surface area (Å²) in [5.41, 5.74) is 1.60. The Morgan fingerprint density at radius 1 is 1.26 bits per heavy atom. The molecule has 0 amide bonds. The Balaban J connectivity index is 1.80. The van der Waals surface area contributed by atoms with Crippen LogP contribution in [0.2, 0.25) is 0 Å². The Labute approximate surface area is 164 Å². The maximum Gasteiger partial charge on any atom is 0.119 e. The van der Waals surface area contributed by atoms with Gasteiger partial charge < -0.3 is 15.2 Å². The molecule has 0 spiro atoms. The van der Waals surface area contributed by atoms with Gasteiger partial charge in [0.2, 0.25) is 0 Å². The van der Waals surface area contributed by atoms with Gasteiger partial charge in [0.1, 0.15) is 5.75 Å². The smallest absolute Gasteiger partial charge is 0.119 e. The van der Waals surface area contributed by atoms with E-state index in [0.29, 0.717) is 6.04 Å². The molecule has 27 heavy (non-hydrogen) atoms. The summed E-state index contributed by atoms with van der Waals surface area (Å²) in [5, 5.41) is 16.0. The first-order valence-corrected chi connectivity index (χ1v) is 10.7. The first-order chi connectivity index (χ1) is 12.9. The van der Waals surface area contributed by atoms with Gasteiger partial charge in [0, 0.05) is 24.0 Å². The maximum absolute atomic E-state index is 12.4. The van der Waals surface area contributed by atoms with Crippen molar-refractivity contribution < 1.29 is 9.84 Å². The maximum atomic E-state index is 12.4. The van der Waals surface area contributed by atoms with E-state index in [1.807, 2.05) is 6.07 Å². The normalized spacial score (nSPS) is 37.5. The Morgan fingerprint density at radius 3 is 2.74 bits per heavy atom. The van der Waals surface area contributed by atoms with Gasteiger partial charge in [0.25, 0.3) is 0 Å². The third-order valence-corrected chi connectivity index (χ3v) is 7.71. The Kier molecular flexibility index (Phi) is 5.02. The molecule has 2 heterocycles. The molecule has 1 aromatic rings. The van der Waals surface area contributed by atoms with Gasteiger partial charge >= 0.3 is 0 Å². The van der Waals surface area contributed by atoms with Crippen molar-refractivity contribution in [1.29, 1.82) is 0 Å². The average molecular weight is 373 g/mol. The van der Waals surface area contributed by atoms with Crippen LogP contribution in [-0.4, -0.2) is 54.4 Å². The first-order valence-electron chi connectivity index (χ1n) is 10.7. The van der Waals surface area contributed by atoms with Crippen molar-refractivity contribution in [3.05, 3.63) is 29.3 Å². The molecule has 4 nitrogen and oxygen atoms in total. The van der Waals surface area contributed by atoms with E-state index >= 15 is 0 Å². The van der Waals surface area contributed by atoms with Crippen molar-refractivity contribution in [2.45, 2.75) is 76.0 Å². The van der Waals surface area contributed by atoms with Gasteiger partial charge in [-0.25, -0.2) is 0 Å². The van der Waals surface area contributed by atoms with Crippen molar-refractivity contribution in [3.8, 4) is 5.75 Å². The molecule has 2 N–H and O–H groups in total. The van der Waals surface area contributed by atoms with Crippen LogP contribution in [0, 0.1) is 12.8 Å². The van der Waals surface area contributed by atoms with E-state index < -0.39 is 5.60 Å². The molecule has 4 atom stereocenters. The molecule has 1 saturated carbocycles. The minimum absolute atomic E-state index is 0.166. The number of hydrogen-bond donors (Lipinski definition) is 2. The molecule has 4 heteroatoms. The molecule has 0 aromatic heterocycles. The third kappa shape index (κ3) is 3.20. The minimum Gasteiger partial charge on any atom is -0.497 e. The Hall–Kier alpha value is -1.10. The van der Waals surface area contributed by atoms with Crippen LogP contribution >= 0.6 is 0 Å². The van der Waals surface area contributed by atoms with Crippen LogP contribution in [-0.2, 0) is 5.41 Å². The number of rotatable bonds is 4. The van der Waals surface area contributed by atoms with Crippen LogP contribution in [0.15, 0.2) is 18.2 Å². The lowest BCUT2D eigenvalue weighted by molar-refractivity contribution is -0.139. The largest absolute Gasteiger partial charge is 0.497 e. The monoisotopic (exact) mass is 372 g/mol. The van der Waals surface area contributed by atoms with E-state index in [0.717, 1.165) is 50.6 Å². The van der Waals surface area contributed by atoms with Crippen molar-refractivity contribution in [1.82, 2.24) is 10.2 Å². The van der Waals surface area contributed by atoms with Gasteiger partial charge in [-0.05, 0) is 95.1 Å². The molecule has 1 aliphatic carbocycles. The summed E-state index contributed by atoms with van der Waals surface area (Å²) in [4.78, 5) is 2.57. The van der Waals surface area contributed by atoms with Crippen molar-refractivity contribution in [2.24, 2.45) is 5.92 Å². The predicted molar refractivity (Wildman–Crippen MR) is 109 cm³/mol. The second-order valence-corrected chi connectivity index (χ2v) is 9.36. The third-order valence-electron chi connectivity index (χ3n) is 7.71. The van der Waals surface area contributed by atoms with E-state index in [1.165, 1.54) is 24.0 Å². The molecule has 0 radical (unpaired) electrons. The Morgan fingerprint density at radius 2 is 2.04 bits per heavy atom. The van der Waals surface area contributed by atoms with E-state index in [9.17, 15) is 5.11 Å². The average Bonchev–Trinajstić information content (AvgIpc) is 3.46. The molecule has 1 aromatic carbocycles. The SMILES string of the molecule is COc1ccc(C)c(C23CCNC(C)CC2(O)C(C)N(CC2CC2)CC3)c1. The number of nitrogens with one attached hydrogen (secondary N) is 1. The van der Waals surface area contributed by atoms with Crippen molar-refractivity contribution in [2.75, 3.05) is 26.7 Å². The van der Waals surface area contributed by atoms with Crippen LogP contribution < -0.4 is 10.1 Å². The van der Waals surface area contributed by atoms with Gasteiger partial charge in [-0.2, -0.15) is 0 Å². The van der Waals surface area contributed by atoms with Crippen LogP contribution in [0.25, 0.3) is 0 Å².